The number of nitrogens with zero attached hydrogens (tertiary/aromatic N) is 6. The number of halogens is 1. The molecule has 0 N–H and O–H groups in total. The molecule has 5 rings (SSSR count). The van der Waals surface area contributed by atoms with Crippen LogP contribution in [-0.4, -0.2) is 60.0 Å². The SMILES string of the molecule is Cc1c(Oc2ccc(S(C)(=O)=O)c(C)c2F)ncnc1N1C2CCC1CN(c1nc(C(C)C)no1)C2. The van der Waals surface area contributed by atoms with Crippen LogP contribution in [0.3, 0.4) is 0 Å². The number of hydrogen-bond donors (Lipinski definition) is 0. The van der Waals surface area contributed by atoms with Crippen LogP contribution in [-0.2, 0) is 9.84 Å². The molecule has 2 aliphatic heterocycles. The van der Waals surface area contributed by atoms with Gasteiger partial charge >= 0.3 is 6.01 Å². The van der Waals surface area contributed by atoms with Crippen LogP contribution in [0.2, 0.25) is 0 Å². The third-order valence-electron chi connectivity index (χ3n) is 6.86. The summed E-state index contributed by atoms with van der Waals surface area (Å²) in [4.78, 5) is 17.7. The van der Waals surface area contributed by atoms with Crippen molar-refractivity contribution >= 4 is 21.7 Å². The Kier molecular flexibility index (Phi) is 6.09. The van der Waals surface area contributed by atoms with Crippen LogP contribution in [0.5, 0.6) is 11.6 Å². The molecular formula is C24H29FN6O4S. The van der Waals surface area contributed by atoms with Gasteiger partial charge in [-0.2, -0.15) is 4.98 Å². The summed E-state index contributed by atoms with van der Waals surface area (Å²) < 4.78 is 50.2. The van der Waals surface area contributed by atoms with Crippen LogP contribution in [0, 0.1) is 19.7 Å². The molecule has 2 fully saturated rings. The molecule has 2 saturated heterocycles. The van der Waals surface area contributed by atoms with Crippen LogP contribution < -0.4 is 14.5 Å². The topological polar surface area (TPSA) is 115 Å². The Morgan fingerprint density at radius 1 is 1.11 bits per heavy atom. The van der Waals surface area contributed by atoms with E-state index in [1.165, 1.54) is 25.4 Å². The van der Waals surface area contributed by atoms with E-state index in [4.69, 9.17) is 9.26 Å². The number of sulfone groups is 1. The summed E-state index contributed by atoms with van der Waals surface area (Å²) in [6.07, 6.45) is 4.44. The second-order valence-corrected chi connectivity index (χ2v) is 11.8. The second-order valence-electron chi connectivity index (χ2n) is 9.79. The largest absolute Gasteiger partial charge is 0.435 e. The molecule has 0 amide bonds. The Labute approximate surface area is 209 Å². The van der Waals surface area contributed by atoms with E-state index in [2.05, 4.69) is 29.9 Å². The molecule has 10 nitrogen and oxygen atoms in total. The van der Waals surface area contributed by atoms with E-state index < -0.39 is 15.7 Å². The van der Waals surface area contributed by atoms with E-state index in [-0.39, 0.29) is 40.1 Å². The fourth-order valence-electron chi connectivity index (χ4n) is 5.01. The van der Waals surface area contributed by atoms with Crippen molar-refractivity contribution in [3.8, 4) is 11.6 Å². The van der Waals surface area contributed by atoms with Gasteiger partial charge < -0.3 is 19.1 Å². The minimum Gasteiger partial charge on any atom is -0.435 e. The smallest absolute Gasteiger partial charge is 0.324 e. The first kappa shape index (κ1) is 24.4. The Balaban J connectivity index is 1.39. The van der Waals surface area contributed by atoms with Crippen molar-refractivity contribution in [3.05, 3.63) is 41.2 Å². The van der Waals surface area contributed by atoms with E-state index in [9.17, 15) is 12.8 Å². The molecule has 0 radical (unpaired) electrons. The molecule has 12 heteroatoms. The number of anilines is 2. The summed E-state index contributed by atoms with van der Waals surface area (Å²) in [5.41, 5.74) is 0.699. The standard InChI is InChI=1S/C24H29FN6O4S/c1-13(2)21-28-24(35-29-21)30-10-16-6-7-17(11-30)31(16)22-15(4)23(27-12-26-22)34-18-8-9-19(36(5,32)33)14(3)20(18)25/h8-9,12-13,16-17H,6-7,10-11H2,1-5H3. The number of ether oxygens (including phenoxy) is 1. The summed E-state index contributed by atoms with van der Waals surface area (Å²) in [5, 5.41) is 4.09. The van der Waals surface area contributed by atoms with Gasteiger partial charge in [-0.1, -0.05) is 19.0 Å². The molecule has 0 spiro atoms. The van der Waals surface area contributed by atoms with Gasteiger partial charge in [0.25, 0.3) is 0 Å². The minimum absolute atomic E-state index is 0.0118. The zero-order valence-corrected chi connectivity index (χ0v) is 21.7. The molecule has 2 bridgehead atoms. The first-order chi connectivity index (χ1) is 17.0. The van der Waals surface area contributed by atoms with Gasteiger partial charge in [-0.05, 0) is 38.8 Å². The van der Waals surface area contributed by atoms with Crippen molar-refractivity contribution in [2.75, 3.05) is 29.1 Å². The Bertz CT molecular complexity index is 1400. The Morgan fingerprint density at radius 2 is 1.81 bits per heavy atom. The monoisotopic (exact) mass is 516 g/mol. The maximum absolute atomic E-state index is 15.0. The molecule has 4 heterocycles. The molecule has 3 aromatic rings. The van der Waals surface area contributed by atoms with Crippen molar-refractivity contribution < 1.29 is 22.1 Å². The van der Waals surface area contributed by atoms with Gasteiger partial charge in [0, 0.05) is 42.9 Å². The summed E-state index contributed by atoms with van der Waals surface area (Å²) >= 11 is 0. The number of fused-ring (bicyclic) bond motifs is 2. The lowest BCUT2D eigenvalue weighted by Gasteiger charge is -2.41. The highest BCUT2D eigenvalue weighted by Gasteiger charge is 2.43. The number of hydrogen-bond acceptors (Lipinski definition) is 10. The molecule has 2 unspecified atom stereocenters. The lowest BCUT2D eigenvalue weighted by atomic mass is 10.1. The number of aromatic nitrogens is 4. The van der Waals surface area contributed by atoms with Crippen molar-refractivity contribution in [3.63, 3.8) is 0 Å². The fraction of sp³-hybridized carbons (Fsp3) is 0.500. The van der Waals surface area contributed by atoms with Gasteiger partial charge in [0.05, 0.1) is 10.5 Å². The van der Waals surface area contributed by atoms with Gasteiger partial charge in [-0.15, -0.1) is 0 Å². The lowest BCUT2D eigenvalue weighted by Crippen LogP contribution is -2.54. The second kappa shape index (κ2) is 8.99. The van der Waals surface area contributed by atoms with Crippen LogP contribution in [0.1, 0.15) is 49.6 Å². The number of benzene rings is 1. The van der Waals surface area contributed by atoms with Gasteiger partial charge in [-0.25, -0.2) is 22.8 Å². The average molecular weight is 517 g/mol. The Morgan fingerprint density at radius 3 is 2.42 bits per heavy atom. The molecule has 1 aromatic carbocycles. The van der Waals surface area contributed by atoms with Gasteiger partial charge in [0.1, 0.15) is 12.1 Å². The average Bonchev–Trinajstić information content (AvgIpc) is 3.40. The first-order valence-corrected chi connectivity index (χ1v) is 13.8. The quantitative estimate of drug-likeness (QED) is 0.479. The summed E-state index contributed by atoms with van der Waals surface area (Å²) in [6.45, 7) is 8.76. The maximum Gasteiger partial charge on any atom is 0.324 e. The summed E-state index contributed by atoms with van der Waals surface area (Å²) in [6, 6.07) is 3.59. The predicted molar refractivity (Wildman–Crippen MR) is 131 cm³/mol. The Hall–Kier alpha value is -3.28. The van der Waals surface area contributed by atoms with Gasteiger partial charge in [0.2, 0.25) is 5.88 Å². The fourth-order valence-corrected chi connectivity index (χ4v) is 5.97. The molecule has 2 aromatic heterocycles. The van der Waals surface area contributed by atoms with Crippen LogP contribution >= 0.6 is 0 Å². The van der Waals surface area contributed by atoms with Crippen molar-refractivity contribution in [2.24, 2.45) is 0 Å². The van der Waals surface area contributed by atoms with Crippen LogP contribution in [0.25, 0.3) is 0 Å². The maximum atomic E-state index is 15.0. The van der Waals surface area contributed by atoms with E-state index in [1.54, 1.807) is 0 Å². The summed E-state index contributed by atoms with van der Waals surface area (Å²) in [7, 11) is -3.55. The van der Waals surface area contributed by atoms with E-state index in [1.807, 2.05) is 20.8 Å². The van der Waals surface area contributed by atoms with E-state index in [0.717, 1.165) is 38.0 Å². The van der Waals surface area contributed by atoms with Crippen molar-refractivity contribution in [1.29, 1.82) is 0 Å². The zero-order chi connectivity index (χ0) is 25.8. The number of piperazine rings is 1. The van der Waals surface area contributed by atoms with Crippen molar-refractivity contribution in [2.45, 2.75) is 63.4 Å². The lowest BCUT2D eigenvalue weighted by molar-refractivity contribution is 0.389. The van der Waals surface area contributed by atoms with E-state index in [0.29, 0.717) is 17.4 Å². The van der Waals surface area contributed by atoms with Crippen LogP contribution in [0.15, 0.2) is 27.9 Å². The van der Waals surface area contributed by atoms with Gasteiger partial charge in [0.15, 0.2) is 27.2 Å². The normalized spacial score (nSPS) is 19.9. The molecule has 36 heavy (non-hydrogen) atoms. The third-order valence-corrected chi connectivity index (χ3v) is 8.10. The summed E-state index contributed by atoms with van der Waals surface area (Å²) in [5.74, 6) is 1.04. The molecule has 2 aliphatic rings. The zero-order valence-electron chi connectivity index (χ0n) is 20.9. The molecule has 0 saturated carbocycles. The highest BCUT2D eigenvalue weighted by Crippen LogP contribution is 2.39. The highest BCUT2D eigenvalue weighted by molar-refractivity contribution is 7.90. The predicted octanol–water partition coefficient (Wildman–Crippen LogP) is 3.79. The van der Waals surface area contributed by atoms with Gasteiger partial charge in [-0.3, -0.25) is 0 Å². The molecule has 192 valence electrons. The molecule has 0 aliphatic carbocycles. The molecular weight excluding hydrogens is 487 g/mol. The highest BCUT2D eigenvalue weighted by atomic mass is 32.2. The first-order valence-electron chi connectivity index (χ1n) is 11.9. The number of rotatable bonds is 6. The van der Waals surface area contributed by atoms with E-state index >= 15 is 0 Å². The molecule has 2 atom stereocenters. The third kappa shape index (κ3) is 4.27. The minimum atomic E-state index is -3.55. The van der Waals surface area contributed by atoms with Crippen molar-refractivity contribution in [1.82, 2.24) is 20.1 Å². The van der Waals surface area contributed by atoms with Crippen LogP contribution in [0.4, 0.5) is 16.2 Å².